The average molecular weight is 356 g/mol. The number of aromatic nitrogens is 1. The van der Waals surface area contributed by atoms with Crippen molar-refractivity contribution in [3.05, 3.63) is 41.2 Å². The normalized spacial score (nSPS) is 18.6. The van der Waals surface area contributed by atoms with Crippen molar-refractivity contribution in [2.24, 2.45) is 5.73 Å². The van der Waals surface area contributed by atoms with Crippen LogP contribution in [0.4, 0.5) is 0 Å². The Balaban J connectivity index is 0.00000192. The van der Waals surface area contributed by atoms with Crippen LogP contribution in [0, 0.1) is 0 Å². The van der Waals surface area contributed by atoms with Gasteiger partial charge in [0.25, 0.3) is 0 Å². The molecule has 1 unspecified atom stereocenters. The second kappa shape index (κ2) is 8.69. The van der Waals surface area contributed by atoms with E-state index < -0.39 is 0 Å². The van der Waals surface area contributed by atoms with E-state index in [1.165, 1.54) is 19.3 Å². The van der Waals surface area contributed by atoms with Gasteiger partial charge in [-0.3, -0.25) is 4.90 Å². The molecule has 0 amide bonds. The third kappa shape index (κ3) is 4.70. The molecule has 1 atom stereocenters. The highest BCUT2D eigenvalue weighted by atomic mass is 35.5. The van der Waals surface area contributed by atoms with Gasteiger partial charge in [0, 0.05) is 23.2 Å². The molecule has 6 heteroatoms. The monoisotopic (exact) mass is 355 g/mol. The Hall–Kier alpha value is -1.07. The van der Waals surface area contributed by atoms with Crippen LogP contribution in [0.2, 0.25) is 5.02 Å². The van der Waals surface area contributed by atoms with Crippen LogP contribution >= 0.6 is 24.0 Å². The van der Waals surface area contributed by atoms with Crippen molar-refractivity contribution in [1.82, 2.24) is 9.88 Å². The molecule has 0 bridgehead atoms. The summed E-state index contributed by atoms with van der Waals surface area (Å²) in [6.07, 6.45) is 6.59. The highest BCUT2D eigenvalue weighted by molar-refractivity contribution is 6.30. The minimum atomic E-state index is 0. The summed E-state index contributed by atoms with van der Waals surface area (Å²) in [5.41, 5.74) is 7.62. The van der Waals surface area contributed by atoms with Gasteiger partial charge >= 0.3 is 0 Å². The van der Waals surface area contributed by atoms with E-state index in [4.69, 9.17) is 21.8 Å². The van der Waals surface area contributed by atoms with Crippen molar-refractivity contribution in [2.45, 2.75) is 38.3 Å². The summed E-state index contributed by atoms with van der Waals surface area (Å²) in [6.45, 7) is 2.69. The Bertz CT molecular complexity index is 615. The lowest BCUT2D eigenvalue weighted by molar-refractivity contribution is 0.132. The minimum Gasteiger partial charge on any atom is -0.444 e. The van der Waals surface area contributed by atoms with Crippen molar-refractivity contribution in [2.75, 3.05) is 13.1 Å². The molecule has 2 heterocycles. The molecule has 23 heavy (non-hydrogen) atoms. The maximum atomic E-state index is 6.02. The first-order chi connectivity index (χ1) is 10.8. The fraction of sp³-hybridized carbons (Fsp3) is 0.471. The fourth-order valence-electron chi connectivity index (χ4n) is 3.13. The summed E-state index contributed by atoms with van der Waals surface area (Å²) in [6, 6.07) is 8.16. The van der Waals surface area contributed by atoms with Crippen LogP contribution in [0.25, 0.3) is 11.5 Å². The first kappa shape index (κ1) is 18.3. The summed E-state index contributed by atoms with van der Waals surface area (Å²) < 4.78 is 5.62. The Morgan fingerprint density at radius 3 is 3.00 bits per heavy atom. The van der Waals surface area contributed by atoms with Crippen molar-refractivity contribution in [3.8, 4) is 11.5 Å². The van der Waals surface area contributed by atoms with E-state index in [1.807, 2.05) is 24.3 Å². The SMILES string of the molecule is Cl.NCCC1CCCCN1Cc1coc(-c2cccc(Cl)c2)n1. The number of rotatable bonds is 5. The molecule has 1 aromatic heterocycles. The number of nitrogens with zero attached hydrogens (tertiary/aromatic N) is 2. The summed E-state index contributed by atoms with van der Waals surface area (Å²) in [5.74, 6) is 0.630. The van der Waals surface area contributed by atoms with Crippen molar-refractivity contribution >= 4 is 24.0 Å². The lowest BCUT2D eigenvalue weighted by Gasteiger charge is -2.35. The van der Waals surface area contributed by atoms with Crippen LogP contribution in [0.5, 0.6) is 0 Å². The molecule has 1 aliphatic rings. The Morgan fingerprint density at radius 1 is 1.35 bits per heavy atom. The largest absolute Gasteiger partial charge is 0.444 e. The lowest BCUT2D eigenvalue weighted by atomic mass is 9.99. The second-order valence-electron chi connectivity index (χ2n) is 5.85. The molecular formula is C17H23Cl2N3O. The molecule has 2 aromatic rings. The molecule has 1 saturated heterocycles. The molecule has 0 spiro atoms. The number of halogens is 2. The number of nitrogens with two attached hydrogens (primary N) is 1. The molecule has 126 valence electrons. The molecule has 4 nitrogen and oxygen atoms in total. The maximum absolute atomic E-state index is 6.02. The van der Waals surface area contributed by atoms with Crippen LogP contribution in [-0.4, -0.2) is 29.0 Å². The summed E-state index contributed by atoms with van der Waals surface area (Å²) in [7, 11) is 0. The third-order valence-corrected chi connectivity index (χ3v) is 4.47. The predicted octanol–water partition coefficient (Wildman–Crippen LogP) is 4.12. The standard InChI is InChI=1S/C17H22ClN3O.ClH/c18-14-5-3-4-13(10-14)17-20-15(12-22-17)11-21-9-2-1-6-16(21)7-8-19;/h3-5,10,12,16H,1-2,6-9,11,19H2;1H. The van der Waals surface area contributed by atoms with Gasteiger partial charge in [0.15, 0.2) is 0 Å². The zero-order chi connectivity index (χ0) is 15.4. The summed E-state index contributed by atoms with van der Waals surface area (Å²) in [4.78, 5) is 7.09. The smallest absolute Gasteiger partial charge is 0.226 e. The van der Waals surface area contributed by atoms with E-state index in [9.17, 15) is 0 Å². The molecular weight excluding hydrogens is 333 g/mol. The Morgan fingerprint density at radius 2 is 2.22 bits per heavy atom. The summed E-state index contributed by atoms with van der Waals surface area (Å²) in [5, 5.41) is 0.691. The van der Waals surface area contributed by atoms with Gasteiger partial charge in [-0.2, -0.15) is 0 Å². The van der Waals surface area contributed by atoms with Crippen molar-refractivity contribution in [1.29, 1.82) is 0 Å². The number of hydrogen-bond acceptors (Lipinski definition) is 4. The van der Waals surface area contributed by atoms with E-state index in [1.54, 1.807) is 6.26 Å². The van der Waals surface area contributed by atoms with Crippen LogP contribution in [0.3, 0.4) is 0 Å². The van der Waals surface area contributed by atoms with Gasteiger partial charge in [0.05, 0.1) is 5.69 Å². The number of piperidine rings is 1. The van der Waals surface area contributed by atoms with Gasteiger partial charge in [-0.05, 0) is 50.6 Å². The highest BCUT2D eigenvalue weighted by Gasteiger charge is 2.22. The Labute approximate surface area is 148 Å². The minimum absolute atomic E-state index is 0. The molecule has 1 fully saturated rings. The fourth-order valence-corrected chi connectivity index (χ4v) is 3.32. The topological polar surface area (TPSA) is 55.3 Å². The zero-order valence-electron chi connectivity index (χ0n) is 13.1. The first-order valence-corrected chi connectivity index (χ1v) is 8.28. The number of hydrogen-bond donors (Lipinski definition) is 1. The molecule has 2 N–H and O–H groups in total. The molecule has 0 saturated carbocycles. The van der Waals surface area contributed by atoms with Gasteiger partial charge in [0.1, 0.15) is 6.26 Å². The van der Waals surface area contributed by atoms with E-state index in [2.05, 4.69) is 9.88 Å². The predicted molar refractivity (Wildman–Crippen MR) is 95.9 cm³/mol. The molecule has 1 aromatic carbocycles. The first-order valence-electron chi connectivity index (χ1n) is 7.91. The molecule has 0 radical (unpaired) electrons. The van der Waals surface area contributed by atoms with Crippen LogP contribution in [0.15, 0.2) is 34.9 Å². The molecule has 1 aliphatic heterocycles. The van der Waals surface area contributed by atoms with E-state index >= 15 is 0 Å². The molecule has 3 rings (SSSR count). The highest BCUT2D eigenvalue weighted by Crippen LogP contribution is 2.25. The zero-order valence-corrected chi connectivity index (χ0v) is 14.7. The summed E-state index contributed by atoms with van der Waals surface area (Å²) >= 11 is 6.02. The third-order valence-electron chi connectivity index (χ3n) is 4.24. The number of benzene rings is 1. The second-order valence-corrected chi connectivity index (χ2v) is 6.29. The van der Waals surface area contributed by atoms with E-state index in [0.29, 0.717) is 17.0 Å². The van der Waals surface area contributed by atoms with Crippen molar-refractivity contribution < 1.29 is 4.42 Å². The van der Waals surface area contributed by atoms with Crippen LogP contribution < -0.4 is 5.73 Å². The van der Waals surface area contributed by atoms with Gasteiger partial charge in [-0.15, -0.1) is 12.4 Å². The van der Waals surface area contributed by atoms with Gasteiger partial charge < -0.3 is 10.2 Å². The maximum Gasteiger partial charge on any atom is 0.226 e. The van der Waals surface area contributed by atoms with Crippen LogP contribution in [-0.2, 0) is 6.54 Å². The van der Waals surface area contributed by atoms with E-state index in [0.717, 1.165) is 37.3 Å². The van der Waals surface area contributed by atoms with Crippen molar-refractivity contribution in [3.63, 3.8) is 0 Å². The van der Waals surface area contributed by atoms with Gasteiger partial charge in [0.2, 0.25) is 5.89 Å². The molecule has 0 aliphatic carbocycles. The number of oxazole rings is 1. The van der Waals surface area contributed by atoms with E-state index in [-0.39, 0.29) is 12.4 Å². The van der Waals surface area contributed by atoms with Gasteiger partial charge in [-0.25, -0.2) is 4.98 Å². The average Bonchev–Trinajstić information content (AvgIpc) is 2.98. The quantitative estimate of drug-likeness (QED) is 0.876. The van der Waals surface area contributed by atoms with Gasteiger partial charge in [-0.1, -0.05) is 24.1 Å². The number of likely N-dealkylation sites (tertiary alicyclic amines) is 1. The lowest BCUT2D eigenvalue weighted by Crippen LogP contribution is -2.40. The Kier molecular flexibility index (Phi) is 6.90. The van der Waals surface area contributed by atoms with Crippen LogP contribution in [0.1, 0.15) is 31.4 Å².